The predicted octanol–water partition coefficient (Wildman–Crippen LogP) is -0.154. The van der Waals surface area contributed by atoms with Crippen molar-refractivity contribution in [3.63, 3.8) is 0 Å². The molecular weight excluding hydrogens is 174 g/mol. The van der Waals surface area contributed by atoms with E-state index in [1.807, 2.05) is 0 Å². The van der Waals surface area contributed by atoms with E-state index in [1.54, 1.807) is 0 Å². The second-order valence-corrected chi connectivity index (χ2v) is 2.60. The second kappa shape index (κ2) is 2.78. The van der Waals surface area contributed by atoms with Crippen molar-refractivity contribution in [1.82, 2.24) is 0 Å². The van der Waals surface area contributed by atoms with E-state index in [0.717, 1.165) is 0 Å². The van der Waals surface area contributed by atoms with Gasteiger partial charge >= 0.3 is 11.9 Å². The summed E-state index contributed by atoms with van der Waals surface area (Å²) in [4.78, 5) is 20.9. The summed E-state index contributed by atoms with van der Waals surface area (Å²) in [5, 5.41) is 9.02. The Kier molecular flexibility index (Phi) is 2.10. The molecule has 0 aromatic heterocycles. The fourth-order valence-electron chi connectivity index (χ4n) is 0.916. The fraction of sp³-hybridized carbons (Fsp3) is 0.667. The van der Waals surface area contributed by atoms with Gasteiger partial charge in [0.05, 0.1) is 12.8 Å². The van der Waals surface area contributed by atoms with E-state index < -0.39 is 36.8 Å². The smallest absolute Gasteiger partial charge is 0.316 e. The van der Waals surface area contributed by atoms with Gasteiger partial charge in [0.25, 0.3) is 6.43 Å². The lowest BCUT2D eigenvalue weighted by atomic mass is 9.94. The minimum absolute atomic E-state index is 0.837. The van der Waals surface area contributed by atoms with Gasteiger partial charge in [0.2, 0.25) is 0 Å². The van der Waals surface area contributed by atoms with E-state index in [2.05, 4.69) is 4.74 Å². The molecule has 1 rings (SSSR count). The Balaban J connectivity index is 2.78. The Morgan fingerprint density at radius 1 is 1.33 bits per heavy atom. The SMILES string of the molecule is O=C1CC(O)(C(F)F)CC(=O)O1. The maximum Gasteiger partial charge on any atom is 0.316 e. The molecule has 4 nitrogen and oxygen atoms in total. The van der Waals surface area contributed by atoms with Crippen molar-refractivity contribution in [3.8, 4) is 0 Å². The standard InChI is InChI=1S/C6H6F2O4/c7-5(8)6(11)1-3(9)12-4(10)2-6/h5,11H,1-2H2. The number of carbonyl (C=O) groups excluding carboxylic acids is 2. The van der Waals surface area contributed by atoms with Crippen molar-refractivity contribution < 1.29 is 28.2 Å². The molecule has 12 heavy (non-hydrogen) atoms. The van der Waals surface area contributed by atoms with Crippen molar-refractivity contribution in [2.75, 3.05) is 0 Å². The monoisotopic (exact) mass is 180 g/mol. The molecule has 0 saturated carbocycles. The molecule has 0 unspecified atom stereocenters. The second-order valence-electron chi connectivity index (χ2n) is 2.60. The van der Waals surface area contributed by atoms with E-state index in [4.69, 9.17) is 5.11 Å². The number of cyclic esters (lactones) is 2. The largest absolute Gasteiger partial charge is 0.393 e. The number of esters is 2. The molecule has 0 amide bonds. The van der Waals surface area contributed by atoms with Crippen LogP contribution in [0.4, 0.5) is 8.78 Å². The average Bonchev–Trinajstić information content (AvgIpc) is 1.82. The molecule has 0 aromatic carbocycles. The molecule has 0 radical (unpaired) electrons. The number of aliphatic hydroxyl groups is 1. The van der Waals surface area contributed by atoms with Gasteiger partial charge in [0.1, 0.15) is 5.60 Å². The molecule has 0 spiro atoms. The number of alkyl halides is 2. The number of hydrogen-bond acceptors (Lipinski definition) is 4. The Morgan fingerprint density at radius 3 is 2.08 bits per heavy atom. The van der Waals surface area contributed by atoms with E-state index in [0.29, 0.717) is 0 Å². The number of ether oxygens (including phenoxy) is 1. The molecule has 0 atom stereocenters. The van der Waals surface area contributed by atoms with Crippen molar-refractivity contribution in [1.29, 1.82) is 0 Å². The fourth-order valence-corrected chi connectivity index (χ4v) is 0.916. The van der Waals surface area contributed by atoms with E-state index in [1.165, 1.54) is 0 Å². The Hall–Kier alpha value is -1.04. The van der Waals surface area contributed by atoms with Crippen LogP contribution in [0.5, 0.6) is 0 Å². The Labute approximate surface area is 66.1 Å². The molecule has 6 heteroatoms. The van der Waals surface area contributed by atoms with Crippen molar-refractivity contribution >= 4 is 11.9 Å². The summed E-state index contributed by atoms with van der Waals surface area (Å²) in [5.41, 5.74) is -2.54. The average molecular weight is 180 g/mol. The van der Waals surface area contributed by atoms with Crippen LogP contribution >= 0.6 is 0 Å². The van der Waals surface area contributed by atoms with Crippen molar-refractivity contribution in [3.05, 3.63) is 0 Å². The minimum atomic E-state index is -3.12. The molecule has 0 aliphatic carbocycles. The first-order chi connectivity index (χ1) is 5.44. The van der Waals surface area contributed by atoms with Crippen LogP contribution in [-0.4, -0.2) is 29.1 Å². The highest BCUT2D eigenvalue weighted by Gasteiger charge is 2.46. The summed E-state index contributed by atoms with van der Waals surface area (Å²) in [6.07, 6.45) is -4.79. The number of hydrogen-bond donors (Lipinski definition) is 1. The van der Waals surface area contributed by atoms with Crippen LogP contribution in [0.1, 0.15) is 12.8 Å². The molecule has 68 valence electrons. The van der Waals surface area contributed by atoms with Gasteiger partial charge in [-0.2, -0.15) is 0 Å². The summed E-state index contributed by atoms with van der Waals surface area (Å²) in [5.74, 6) is -2.23. The highest BCUT2D eigenvalue weighted by molar-refractivity contribution is 5.89. The van der Waals surface area contributed by atoms with Crippen molar-refractivity contribution in [2.24, 2.45) is 0 Å². The third-order valence-electron chi connectivity index (χ3n) is 1.53. The van der Waals surface area contributed by atoms with E-state index in [9.17, 15) is 18.4 Å². The number of carbonyl (C=O) groups is 2. The normalized spacial score (nSPS) is 22.7. The van der Waals surface area contributed by atoms with Gasteiger partial charge in [-0.05, 0) is 0 Å². The third-order valence-corrected chi connectivity index (χ3v) is 1.53. The Bertz CT molecular complexity index is 210. The lowest BCUT2D eigenvalue weighted by Gasteiger charge is -2.28. The van der Waals surface area contributed by atoms with Crippen LogP contribution in [0.3, 0.4) is 0 Å². The van der Waals surface area contributed by atoms with Crippen LogP contribution in [0, 0.1) is 0 Å². The quantitative estimate of drug-likeness (QED) is 0.450. The van der Waals surface area contributed by atoms with Gasteiger partial charge in [0, 0.05) is 0 Å². The van der Waals surface area contributed by atoms with Gasteiger partial charge in [-0.25, -0.2) is 8.78 Å². The maximum atomic E-state index is 12.0. The zero-order chi connectivity index (χ0) is 9.35. The first kappa shape index (κ1) is 9.05. The first-order valence-electron chi connectivity index (χ1n) is 3.18. The molecule has 1 aliphatic heterocycles. The maximum absolute atomic E-state index is 12.0. The van der Waals surface area contributed by atoms with Crippen LogP contribution in [0.25, 0.3) is 0 Å². The van der Waals surface area contributed by atoms with Crippen LogP contribution in [-0.2, 0) is 14.3 Å². The summed E-state index contributed by atoms with van der Waals surface area (Å²) in [6, 6.07) is 0. The summed E-state index contributed by atoms with van der Waals surface area (Å²) < 4.78 is 28.0. The number of rotatable bonds is 1. The first-order valence-corrected chi connectivity index (χ1v) is 3.18. The molecular formula is C6H6F2O4. The topological polar surface area (TPSA) is 63.6 Å². The zero-order valence-corrected chi connectivity index (χ0v) is 5.92. The molecule has 1 saturated heterocycles. The summed E-state index contributed by atoms with van der Waals surface area (Å²) in [6.45, 7) is 0. The van der Waals surface area contributed by atoms with Gasteiger partial charge in [-0.3, -0.25) is 9.59 Å². The highest BCUT2D eigenvalue weighted by atomic mass is 19.3. The molecule has 1 N–H and O–H groups in total. The molecule has 1 aliphatic rings. The van der Waals surface area contributed by atoms with Crippen molar-refractivity contribution in [2.45, 2.75) is 24.9 Å². The van der Waals surface area contributed by atoms with Crippen LogP contribution < -0.4 is 0 Å². The lowest BCUT2D eigenvalue weighted by molar-refractivity contribution is -0.187. The molecule has 1 fully saturated rings. The van der Waals surface area contributed by atoms with Gasteiger partial charge in [-0.15, -0.1) is 0 Å². The molecule has 0 bridgehead atoms. The lowest BCUT2D eigenvalue weighted by Crippen LogP contribution is -2.46. The van der Waals surface area contributed by atoms with Crippen LogP contribution in [0.2, 0.25) is 0 Å². The van der Waals surface area contributed by atoms with Gasteiger partial charge < -0.3 is 9.84 Å². The number of halogens is 2. The van der Waals surface area contributed by atoms with Gasteiger partial charge in [0.15, 0.2) is 0 Å². The summed E-state index contributed by atoms with van der Waals surface area (Å²) >= 11 is 0. The van der Waals surface area contributed by atoms with E-state index in [-0.39, 0.29) is 0 Å². The van der Waals surface area contributed by atoms with Gasteiger partial charge in [-0.1, -0.05) is 0 Å². The third kappa shape index (κ3) is 1.58. The predicted molar refractivity (Wildman–Crippen MR) is 31.3 cm³/mol. The molecule has 1 heterocycles. The summed E-state index contributed by atoms with van der Waals surface area (Å²) in [7, 11) is 0. The zero-order valence-electron chi connectivity index (χ0n) is 5.92. The van der Waals surface area contributed by atoms with Crippen LogP contribution in [0.15, 0.2) is 0 Å². The van der Waals surface area contributed by atoms with E-state index >= 15 is 0 Å². The molecule has 0 aromatic rings. The minimum Gasteiger partial charge on any atom is -0.393 e. The highest BCUT2D eigenvalue weighted by Crippen LogP contribution is 2.28. The Morgan fingerprint density at radius 2 is 1.75 bits per heavy atom.